The van der Waals surface area contributed by atoms with Crippen molar-refractivity contribution in [3.05, 3.63) is 53.2 Å². The number of anilines is 1. The van der Waals surface area contributed by atoms with Crippen LogP contribution in [0.5, 0.6) is 0 Å². The van der Waals surface area contributed by atoms with Crippen molar-refractivity contribution in [2.24, 2.45) is 0 Å². The molecule has 0 aliphatic carbocycles. The topological polar surface area (TPSA) is 125 Å². The lowest BCUT2D eigenvalue weighted by molar-refractivity contribution is 0.0404. The molecular formula is C22H25FN6O3. The van der Waals surface area contributed by atoms with Crippen LogP contribution in [0.25, 0.3) is 11.2 Å². The fraction of sp³-hybridized carbons (Fsp3) is 0.364. The summed E-state index contributed by atoms with van der Waals surface area (Å²) in [6.07, 6.45) is 4.70. The standard InChI is InChI=1S/C22H25FN6O3/c1-25-15-8-12(23)5-6-13(15)19(24)16-10-27-21-20(28-16)14(9-26-21)22(30)29-17(11-31-2)18-4-3-7-32-18/h5-6,8-10,17-18,24-25H,3-4,7,11H2,1-2H3,(H,26,27)(H,29,30). The molecule has 168 valence electrons. The molecule has 2 unspecified atom stereocenters. The Morgan fingerprint density at radius 1 is 1.44 bits per heavy atom. The molecule has 0 bridgehead atoms. The number of H-pyrrole nitrogens is 1. The van der Waals surface area contributed by atoms with Crippen molar-refractivity contribution in [1.82, 2.24) is 20.3 Å². The number of nitrogens with one attached hydrogen (secondary N) is 4. The molecule has 4 rings (SSSR count). The number of aromatic amines is 1. The van der Waals surface area contributed by atoms with E-state index in [1.807, 2.05) is 0 Å². The third kappa shape index (κ3) is 4.32. The first-order chi connectivity index (χ1) is 15.5. The Balaban J connectivity index is 1.62. The van der Waals surface area contributed by atoms with Crippen LogP contribution >= 0.6 is 0 Å². The zero-order valence-electron chi connectivity index (χ0n) is 17.9. The second-order valence-corrected chi connectivity index (χ2v) is 7.56. The van der Waals surface area contributed by atoms with E-state index in [-0.39, 0.29) is 29.5 Å². The van der Waals surface area contributed by atoms with Gasteiger partial charge in [0.2, 0.25) is 0 Å². The van der Waals surface area contributed by atoms with Gasteiger partial charge in [0.15, 0.2) is 5.65 Å². The fourth-order valence-electron chi connectivity index (χ4n) is 3.85. The summed E-state index contributed by atoms with van der Waals surface area (Å²) in [6, 6.07) is 3.82. The zero-order valence-corrected chi connectivity index (χ0v) is 17.9. The average molecular weight is 440 g/mol. The molecule has 1 aliphatic rings. The van der Waals surface area contributed by atoms with Gasteiger partial charge in [0.05, 0.1) is 36.2 Å². The number of carbonyl (C=O) groups is 1. The molecule has 1 aliphatic heterocycles. The van der Waals surface area contributed by atoms with Crippen LogP contribution < -0.4 is 10.6 Å². The Kier molecular flexibility index (Phi) is 6.42. The predicted molar refractivity (Wildman–Crippen MR) is 118 cm³/mol. The van der Waals surface area contributed by atoms with Gasteiger partial charge >= 0.3 is 0 Å². The van der Waals surface area contributed by atoms with Crippen molar-refractivity contribution >= 4 is 28.5 Å². The molecule has 1 aromatic carbocycles. The number of nitrogens with zero attached hydrogens (tertiary/aromatic N) is 2. The Bertz CT molecular complexity index is 1140. The van der Waals surface area contributed by atoms with Crippen LogP contribution in [-0.4, -0.2) is 66.1 Å². The van der Waals surface area contributed by atoms with Gasteiger partial charge in [-0.25, -0.2) is 14.4 Å². The number of rotatable bonds is 8. The number of carbonyl (C=O) groups excluding carboxylic acids is 1. The SMILES string of the molecule is CNc1cc(F)ccc1C(=N)c1cnc2[nH]cc(C(=O)NC(COC)C3CCCO3)c2n1. The Hall–Kier alpha value is -3.37. The normalized spacial score (nSPS) is 16.8. The molecule has 2 aromatic heterocycles. The van der Waals surface area contributed by atoms with Crippen molar-refractivity contribution in [3.8, 4) is 0 Å². The molecule has 0 spiro atoms. The Morgan fingerprint density at radius 3 is 3.00 bits per heavy atom. The van der Waals surface area contributed by atoms with Crippen molar-refractivity contribution in [2.75, 3.05) is 32.7 Å². The second kappa shape index (κ2) is 9.41. The van der Waals surface area contributed by atoms with E-state index in [1.54, 1.807) is 20.4 Å². The summed E-state index contributed by atoms with van der Waals surface area (Å²) < 4.78 is 24.5. The summed E-state index contributed by atoms with van der Waals surface area (Å²) in [7, 11) is 3.23. The highest BCUT2D eigenvalue weighted by Gasteiger charge is 2.28. The largest absolute Gasteiger partial charge is 0.387 e. The first-order valence-electron chi connectivity index (χ1n) is 10.3. The van der Waals surface area contributed by atoms with Crippen molar-refractivity contribution in [1.29, 1.82) is 5.41 Å². The molecule has 2 atom stereocenters. The number of methoxy groups -OCH3 is 1. The van der Waals surface area contributed by atoms with Crippen molar-refractivity contribution < 1.29 is 18.7 Å². The quantitative estimate of drug-likeness (QED) is 0.399. The van der Waals surface area contributed by atoms with Crippen molar-refractivity contribution in [3.63, 3.8) is 0 Å². The molecule has 4 N–H and O–H groups in total. The van der Waals surface area contributed by atoms with Gasteiger partial charge in [0.25, 0.3) is 5.91 Å². The third-order valence-corrected chi connectivity index (χ3v) is 5.48. The number of amides is 1. The highest BCUT2D eigenvalue weighted by molar-refractivity contribution is 6.14. The minimum atomic E-state index is -0.408. The van der Waals surface area contributed by atoms with E-state index in [0.29, 0.717) is 41.2 Å². The average Bonchev–Trinajstić information content (AvgIpc) is 3.48. The van der Waals surface area contributed by atoms with Crippen molar-refractivity contribution in [2.45, 2.75) is 25.0 Å². The monoisotopic (exact) mass is 440 g/mol. The van der Waals surface area contributed by atoms with Gasteiger partial charge in [-0.05, 0) is 31.0 Å². The first kappa shape index (κ1) is 21.8. The molecule has 32 heavy (non-hydrogen) atoms. The number of ether oxygens (including phenoxy) is 2. The van der Waals surface area contributed by atoms with E-state index < -0.39 is 5.82 Å². The lowest BCUT2D eigenvalue weighted by atomic mass is 10.0. The van der Waals surface area contributed by atoms with Gasteiger partial charge in [0, 0.05) is 38.2 Å². The van der Waals surface area contributed by atoms with Crippen LogP contribution in [0.4, 0.5) is 10.1 Å². The van der Waals surface area contributed by atoms with Gasteiger partial charge in [-0.2, -0.15) is 0 Å². The predicted octanol–water partition coefficient (Wildman–Crippen LogP) is 2.48. The minimum Gasteiger partial charge on any atom is -0.387 e. The summed E-state index contributed by atoms with van der Waals surface area (Å²) in [5, 5.41) is 14.4. The Morgan fingerprint density at radius 2 is 2.28 bits per heavy atom. The van der Waals surface area contributed by atoms with E-state index in [9.17, 15) is 9.18 Å². The highest BCUT2D eigenvalue weighted by atomic mass is 19.1. The van der Waals surface area contributed by atoms with E-state index in [1.165, 1.54) is 24.4 Å². The van der Waals surface area contributed by atoms with Crippen LogP contribution in [0.15, 0.2) is 30.6 Å². The molecular weight excluding hydrogens is 415 g/mol. The Labute approximate surface area is 184 Å². The molecule has 3 heterocycles. The smallest absolute Gasteiger partial charge is 0.255 e. The van der Waals surface area contributed by atoms with Crippen LogP contribution in [-0.2, 0) is 9.47 Å². The number of hydrogen-bond acceptors (Lipinski definition) is 7. The third-order valence-electron chi connectivity index (χ3n) is 5.48. The lowest BCUT2D eigenvalue weighted by Crippen LogP contribution is -2.46. The fourth-order valence-corrected chi connectivity index (χ4v) is 3.85. The van der Waals surface area contributed by atoms with Crippen LogP contribution in [0.1, 0.15) is 34.5 Å². The summed E-state index contributed by atoms with van der Waals surface area (Å²) in [4.78, 5) is 24.8. The van der Waals surface area contributed by atoms with E-state index in [2.05, 4.69) is 25.6 Å². The molecule has 1 amide bonds. The summed E-state index contributed by atoms with van der Waals surface area (Å²) in [5.74, 6) is -0.738. The minimum absolute atomic E-state index is 0.0629. The maximum absolute atomic E-state index is 13.6. The van der Waals surface area contributed by atoms with Crippen LogP contribution in [0.3, 0.4) is 0 Å². The molecule has 10 heteroatoms. The first-order valence-corrected chi connectivity index (χ1v) is 10.3. The van der Waals surface area contributed by atoms with Crippen LogP contribution in [0, 0.1) is 11.2 Å². The maximum Gasteiger partial charge on any atom is 0.255 e. The van der Waals surface area contributed by atoms with E-state index in [4.69, 9.17) is 14.9 Å². The number of aromatic nitrogens is 3. The van der Waals surface area contributed by atoms with Gasteiger partial charge in [-0.1, -0.05) is 0 Å². The zero-order chi connectivity index (χ0) is 22.7. The van der Waals surface area contributed by atoms with Gasteiger partial charge in [-0.3, -0.25) is 10.2 Å². The molecule has 1 fully saturated rings. The van der Waals surface area contributed by atoms with Gasteiger partial charge in [0.1, 0.15) is 17.0 Å². The molecule has 1 saturated heterocycles. The molecule has 0 radical (unpaired) electrons. The highest BCUT2D eigenvalue weighted by Crippen LogP contribution is 2.22. The number of benzene rings is 1. The van der Waals surface area contributed by atoms with E-state index in [0.717, 1.165) is 12.8 Å². The molecule has 3 aromatic rings. The molecule has 0 saturated carbocycles. The van der Waals surface area contributed by atoms with Crippen LogP contribution in [0.2, 0.25) is 0 Å². The summed E-state index contributed by atoms with van der Waals surface area (Å²) in [5.41, 5.74) is 2.36. The second-order valence-electron chi connectivity index (χ2n) is 7.56. The lowest BCUT2D eigenvalue weighted by Gasteiger charge is -2.23. The number of fused-ring (bicyclic) bond motifs is 1. The van der Waals surface area contributed by atoms with E-state index >= 15 is 0 Å². The number of hydrogen-bond donors (Lipinski definition) is 4. The molecule has 9 nitrogen and oxygen atoms in total. The number of halogens is 1. The van der Waals surface area contributed by atoms with Gasteiger partial charge in [-0.15, -0.1) is 0 Å². The summed E-state index contributed by atoms with van der Waals surface area (Å²) >= 11 is 0. The van der Waals surface area contributed by atoms with Gasteiger partial charge < -0.3 is 25.1 Å². The maximum atomic E-state index is 13.6. The summed E-state index contributed by atoms with van der Waals surface area (Å²) in [6.45, 7) is 1.00.